The molecular weight excluding hydrogens is 300 g/mol. The number of amides is 1. The molecule has 5 heteroatoms. The minimum absolute atomic E-state index is 0.119. The highest BCUT2D eigenvalue weighted by Gasteiger charge is 2.23. The summed E-state index contributed by atoms with van der Waals surface area (Å²) in [7, 11) is 1.79. The molecule has 2 heterocycles. The van der Waals surface area contributed by atoms with Crippen molar-refractivity contribution in [1.82, 2.24) is 10.2 Å². The minimum Gasteiger partial charge on any atom is -0.347 e. The number of hydrogen-bond donors (Lipinski definition) is 1. The van der Waals surface area contributed by atoms with Crippen LogP contribution in [0.25, 0.3) is 0 Å². The van der Waals surface area contributed by atoms with E-state index in [-0.39, 0.29) is 5.91 Å². The van der Waals surface area contributed by atoms with E-state index in [0.717, 1.165) is 50.0 Å². The zero-order valence-electron chi connectivity index (χ0n) is 14.8. The smallest absolute Gasteiger partial charge is 0.246 e. The van der Waals surface area contributed by atoms with E-state index in [4.69, 9.17) is 0 Å². The molecule has 0 unspecified atom stereocenters. The number of aryl methyl sites for hydroxylation is 1. The highest BCUT2D eigenvalue weighted by atomic mass is 16.2. The SMILES string of the molecule is CN=C(NCC(=O)N1CCCc2ccccc21)N1CCC(C)CC1. The number of anilines is 1. The van der Waals surface area contributed by atoms with Gasteiger partial charge in [-0.2, -0.15) is 0 Å². The summed E-state index contributed by atoms with van der Waals surface area (Å²) >= 11 is 0. The summed E-state index contributed by atoms with van der Waals surface area (Å²) in [6.07, 6.45) is 4.46. The number of benzene rings is 1. The van der Waals surface area contributed by atoms with Crippen molar-refractivity contribution in [3.8, 4) is 0 Å². The highest BCUT2D eigenvalue weighted by Crippen LogP contribution is 2.26. The first-order valence-electron chi connectivity index (χ1n) is 9.03. The van der Waals surface area contributed by atoms with Crippen LogP contribution in [0.4, 0.5) is 5.69 Å². The molecule has 130 valence electrons. The normalized spacial score (nSPS) is 19.2. The van der Waals surface area contributed by atoms with Crippen LogP contribution in [0.1, 0.15) is 31.7 Å². The van der Waals surface area contributed by atoms with Gasteiger partial charge in [0.15, 0.2) is 5.96 Å². The van der Waals surface area contributed by atoms with Gasteiger partial charge in [0.05, 0.1) is 6.54 Å². The van der Waals surface area contributed by atoms with Crippen molar-refractivity contribution in [1.29, 1.82) is 0 Å². The van der Waals surface area contributed by atoms with Crippen molar-refractivity contribution in [2.45, 2.75) is 32.6 Å². The van der Waals surface area contributed by atoms with Crippen molar-refractivity contribution in [2.24, 2.45) is 10.9 Å². The summed E-state index contributed by atoms with van der Waals surface area (Å²) in [6, 6.07) is 8.22. The number of carbonyl (C=O) groups excluding carboxylic acids is 1. The molecule has 1 aromatic rings. The van der Waals surface area contributed by atoms with Crippen molar-refractivity contribution in [3.05, 3.63) is 29.8 Å². The number of nitrogens with one attached hydrogen (secondary N) is 1. The van der Waals surface area contributed by atoms with E-state index in [0.29, 0.717) is 6.54 Å². The predicted octanol–water partition coefficient (Wildman–Crippen LogP) is 2.27. The Hall–Kier alpha value is -2.04. The van der Waals surface area contributed by atoms with Gasteiger partial charge in [-0.1, -0.05) is 25.1 Å². The first kappa shape index (κ1) is 16.8. The van der Waals surface area contributed by atoms with E-state index >= 15 is 0 Å². The molecule has 0 saturated carbocycles. The molecule has 2 aliphatic heterocycles. The van der Waals surface area contributed by atoms with Crippen LogP contribution >= 0.6 is 0 Å². The topological polar surface area (TPSA) is 47.9 Å². The van der Waals surface area contributed by atoms with Crippen molar-refractivity contribution < 1.29 is 4.79 Å². The second-order valence-corrected chi connectivity index (χ2v) is 6.85. The average molecular weight is 328 g/mol. The number of piperidine rings is 1. The maximum atomic E-state index is 12.7. The van der Waals surface area contributed by atoms with Crippen molar-refractivity contribution in [2.75, 3.05) is 38.1 Å². The molecule has 1 aromatic carbocycles. The van der Waals surface area contributed by atoms with Gasteiger partial charge in [-0.05, 0) is 43.2 Å². The summed E-state index contributed by atoms with van der Waals surface area (Å²) in [6.45, 7) is 5.43. The standard InChI is InChI=1S/C19H28N4O/c1-15-9-12-22(13-10-15)19(20-2)21-14-18(24)23-11-5-7-16-6-3-4-8-17(16)23/h3-4,6,8,15H,5,7,9-14H2,1-2H3,(H,20,21). The second kappa shape index (κ2) is 7.69. The number of hydrogen-bond acceptors (Lipinski definition) is 2. The Morgan fingerprint density at radius 3 is 2.75 bits per heavy atom. The van der Waals surface area contributed by atoms with Crippen LogP contribution in [0.5, 0.6) is 0 Å². The molecule has 0 spiro atoms. The molecule has 1 amide bonds. The fourth-order valence-corrected chi connectivity index (χ4v) is 3.60. The number of aliphatic imine (C=N–C) groups is 1. The van der Waals surface area contributed by atoms with Gasteiger partial charge in [0, 0.05) is 32.4 Å². The van der Waals surface area contributed by atoms with Crippen LogP contribution in [0.2, 0.25) is 0 Å². The maximum absolute atomic E-state index is 12.7. The van der Waals surface area contributed by atoms with Crippen LogP contribution < -0.4 is 10.2 Å². The maximum Gasteiger partial charge on any atom is 0.246 e. The lowest BCUT2D eigenvalue weighted by Crippen LogP contribution is -2.49. The number of para-hydroxylation sites is 1. The minimum atomic E-state index is 0.119. The number of likely N-dealkylation sites (tertiary alicyclic amines) is 1. The molecule has 0 radical (unpaired) electrons. The zero-order valence-corrected chi connectivity index (χ0v) is 14.8. The van der Waals surface area contributed by atoms with Gasteiger partial charge in [0.2, 0.25) is 5.91 Å². The van der Waals surface area contributed by atoms with Gasteiger partial charge >= 0.3 is 0 Å². The average Bonchev–Trinajstić information content (AvgIpc) is 2.63. The van der Waals surface area contributed by atoms with Crippen LogP contribution in [0, 0.1) is 5.92 Å². The Labute approximate surface area is 144 Å². The molecule has 2 aliphatic rings. The number of guanidine groups is 1. The van der Waals surface area contributed by atoms with Crippen LogP contribution in [0.15, 0.2) is 29.3 Å². The predicted molar refractivity (Wildman–Crippen MR) is 98.4 cm³/mol. The van der Waals surface area contributed by atoms with Gasteiger partial charge in [-0.3, -0.25) is 9.79 Å². The largest absolute Gasteiger partial charge is 0.347 e. The molecule has 1 saturated heterocycles. The summed E-state index contributed by atoms with van der Waals surface area (Å²) in [4.78, 5) is 21.2. The van der Waals surface area contributed by atoms with E-state index in [9.17, 15) is 4.79 Å². The first-order valence-corrected chi connectivity index (χ1v) is 9.03. The first-order chi connectivity index (χ1) is 11.7. The van der Waals surface area contributed by atoms with Crippen molar-refractivity contribution in [3.63, 3.8) is 0 Å². The number of fused-ring (bicyclic) bond motifs is 1. The highest BCUT2D eigenvalue weighted by molar-refractivity contribution is 5.98. The monoisotopic (exact) mass is 328 g/mol. The molecular formula is C19H28N4O. The molecule has 5 nitrogen and oxygen atoms in total. The van der Waals surface area contributed by atoms with Gasteiger partial charge in [-0.15, -0.1) is 0 Å². The summed E-state index contributed by atoms with van der Waals surface area (Å²) in [5.41, 5.74) is 2.34. The molecule has 1 N–H and O–H groups in total. The third kappa shape index (κ3) is 3.71. The summed E-state index contributed by atoms with van der Waals surface area (Å²) in [5.74, 6) is 1.75. The fraction of sp³-hybridized carbons (Fsp3) is 0.579. The van der Waals surface area contributed by atoms with E-state index in [2.05, 4.69) is 28.2 Å². The van der Waals surface area contributed by atoms with E-state index in [1.54, 1.807) is 7.05 Å². The van der Waals surface area contributed by atoms with Gasteiger partial charge in [0.1, 0.15) is 0 Å². The van der Waals surface area contributed by atoms with Gasteiger partial charge in [-0.25, -0.2) is 0 Å². The molecule has 0 aromatic heterocycles. The van der Waals surface area contributed by atoms with Crippen LogP contribution in [-0.4, -0.2) is 50.0 Å². The van der Waals surface area contributed by atoms with E-state index < -0.39 is 0 Å². The Bertz CT molecular complexity index is 605. The Morgan fingerprint density at radius 1 is 1.25 bits per heavy atom. The van der Waals surface area contributed by atoms with E-state index in [1.165, 1.54) is 18.4 Å². The van der Waals surface area contributed by atoms with Crippen LogP contribution in [-0.2, 0) is 11.2 Å². The second-order valence-electron chi connectivity index (χ2n) is 6.85. The lowest BCUT2D eigenvalue weighted by Gasteiger charge is -2.34. The molecule has 1 fully saturated rings. The molecule has 0 aliphatic carbocycles. The van der Waals surface area contributed by atoms with Crippen LogP contribution in [0.3, 0.4) is 0 Å². The third-order valence-corrected chi connectivity index (χ3v) is 5.10. The fourth-order valence-electron chi connectivity index (χ4n) is 3.60. The lowest BCUT2D eigenvalue weighted by molar-refractivity contribution is -0.117. The number of nitrogens with zero attached hydrogens (tertiary/aromatic N) is 3. The number of carbonyl (C=O) groups is 1. The summed E-state index contributed by atoms with van der Waals surface area (Å²) in [5, 5.41) is 3.27. The number of rotatable bonds is 2. The molecule has 0 bridgehead atoms. The zero-order chi connectivity index (χ0) is 16.9. The molecule has 3 rings (SSSR count). The summed E-state index contributed by atoms with van der Waals surface area (Å²) < 4.78 is 0. The van der Waals surface area contributed by atoms with Gasteiger partial charge in [0.25, 0.3) is 0 Å². The third-order valence-electron chi connectivity index (χ3n) is 5.10. The lowest BCUT2D eigenvalue weighted by atomic mass is 9.99. The Balaban J connectivity index is 1.59. The van der Waals surface area contributed by atoms with Gasteiger partial charge < -0.3 is 15.1 Å². The quantitative estimate of drug-likeness (QED) is 0.669. The molecule has 0 atom stereocenters. The molecule has 24 heavy (non-hydrogen) atoms. The Morgan fingerprint density at radius 2 is 2.00 bits per heavy atom. The van der Waals surface area contributed by atoms with Crippen molar-refractivity contribution >= 4 is 17.6 Å². The van der Waals surface area contributed by atoms with E-state index in [1.807, 2.05) is 23.1 Å². The Kier molecular flexibility index (Phi) is 5.38.